The van der Waals surface area contributed by atoms with Crippen molar-refractivity contribution in [2.75, 3.05) is 13.2 Å². The van der Waals surface area contributed by atoms with Crippen LogP contribution in [-0.4, -0.2) is 23.4 Å². The second-order valence-corrected chi connectivity index (χ2v) is 3.39. The fraction of sp³-hybridized carbons (Fsp3) is 0.300. The minimum Gasteiger partial charge on any atom is -0.380 e. The molecule has 1 fully saturated rings. The van der Waals surface area contributed by atoms with Crippen LogP contribution in [-0.2, 0) is 4.74 Å². The van der Waals surface area contributed by atoms with Crippen LogP contribution < -0.4 is 0 Å². The normalized spacial score (nSPS) is 17.5. The molecule has 0 aliphatic carbocycles. The van der Waals surface area contributed by atoms with Crippen LogP contribution in [0.3, 0.4) is 0 Å². The Morgan fingerprint density at radius 2 is 2.15 bits per heavy atom. The summed E-state index contributed by atoms with van der Waals surface area (Å²) >= 11 is 0. The Morgan fingerprint density at radius 3 is 2.92 bits per heavy atom. The molecule has 1 N–H and O–H groups in total. The lowest BCUT2D eigenvalue weighted by molar-refractivity contribution is 0.00725. The second-order valence-electron chi connectivity index (χ2n) is 3.39. The number of hydrogen-bond donors (Lipinski definition) is 1. The average molecular weight is 174 g/mol. The number of rotatable bonds is 1. The molecular weight excluding hydrogens is 164 g/mol. The molecule has 1 aromatic heterocycles. The van der Waals surface area contributed by atoms with Crippen molar-refractivity contribution >= 4 is 10.9 Å². The summed E-state index contributed by atoms with van der Waals surface area (Å²) in [5.41, 5.74) is 2.27. The average Bonchev–Trinajstić information content (AvgIpc) is 2.47. The quantitative estimate of drug-likeness (QED) is 0.714. The zero-order chi connectivity index (χ0) is 8.67. The summed E-state index contributed by atoms with van der Waals surface area (Å²) < 4.78 is 5.16. The van der Waals surface area contributed by atoms with Crippen molar-refractivity contribution < 1.29 is 4.74 Å². The summed E-state index contributed by atoms with van der Waals surface area (Å²) in [5.74, 6) is 0.521. The van der Waals surface area contributed by atoms with E-state index in [0.29, 0.717) is 5.92 Å². The van der Waals surface area contributed by atoms with E-state index in [-0.39, 0.29) is 0 Å². The van der Waals surface area contributed by atoms with Gasteiger partial charge in [0.25, 0.3) is 0 Å². The third-order valence-corrected chi connectivity index (χ3v) is 2.54. The van der Waals surface area contributed by atoms with Crippen LogP contribution in [0.25, 0.3) is 10.9 Å². The summed E-state index contributed by atoms with van der Waals surface area (Å²) in [7, 11) is 0. The van der Waals surface area contributed by atoms with Crippen LogP contribution in [0.15, 0.2) is 24.3 Å². The number of para-hydroxylation sites is 1. The van der Waals surface area contributed by atoms with Crippen molar-refractivity contribution in [3.05, 3.63) is 30.0 Å². The molecule has 1 saturated heterocycles. The van der Waals surface area contributed by atoms with Crippen LogP contribution in [0.5, 0.6) is 0 Å². The molecule has 1 aliphatic heterocycles. The highest BCUT2D eigenvalue weighted by Gasteiger charge is 2.23. The number of benzene rings is 1. The van der Waals surface area contributed by atoms with E-state index in [1.807, 2.05) is 18.2 Å². The Morgan fingerprint density at radius 1 is 1.31 bits per heavy atom. The van der Waals surface area contributed by atoms with Gasteiger partial charge in [0.2, 0.25) is 0 Å². The van der Waals surface area contributed by atoms with E-state index in [1.165, 1.54) is 11.1 Å². The van der Waals surface area contributed by atoms with E-state index in [9.17, 15) is 0 Å². The van der Waals surface area contributed by atoms with Crippen molar-refractivity contribution in [2.45, 2.75) is 5.92 Å². The van der Waals surface area contributed by atoms with E-state index < -0.39 is 0 Å². The van der Waals surface area contributed by atoms with Crippen molar-refractivity contribution in [3.63, 3.8) is 0 Å². The summed E-state index contributed by atoms with van der Waals surface area (Å²) in [6.45, 7) is 1.65. The first-order valence-corrected chi connectivity index (χ1v) is 4.46. The number of hydrogen-bond acceptors (Lipinski definition) is 2. The topological polar surface area (TPSA) is 37.9 Å². The van der Waals surface area contributed by atoms with Gasteiger partial charge in [-0.3, -0.25) is 5.10 Å². The number of fused-ring (bicyclic) bond motifs is 1. The molecular formula is C10H10N2O. The highest BCUT2D eigenvalue weighted by molar-refractivity contribution is 5.81. The predicted molar refractivity (Wildman–Crippen MR) is 49.7 cm³/mol. The van der Waals surface area contributed by atoms with Gasteiger partial charge >= 0.3 is 0 Å². The molecule has 0 saturated carbocycles. The van der Waals surface area contributed by atoms with Crippen LogP contribution in [0.4, 0.5) is 0 Å². The molecule has 2 heterocycles. The molecule has 3 nitrogen and oxygen atoms in total. The zero-order valence-corrected chi connectivity index (χ0v) is 7.16. The number of H-pyrrole nitrogens is 1. The van der Waals surface area contributed by atoms with E-state index in [2.05, 4.69) is 16.3 Å². The highest BCUT2D eigenvalue weighted by atomic mass is 16.5. The van der Waals surface area contributed by atoms with Crippen molar-refractivity contribution in [1.29, 1.82) is 0 Å². The van der Waals surface area contributed by atoms with Crippen molar-refractivity contribution in [3.8, 4) is 0 Å². The molecule has 0 amide bonds. The van der Waals surface area contributed by atoms with Crippen molar-refractivity contribution in [2.24, 2.45) is 0 Å². The first-order valence-electron chi connectivity index (χ1n) is 4.46. The Kier molecular flexibility index (Phi) is 1.40. The van der Waals surface area contributed by atoms with Gasteiger partial charge in [0.05, 0.1) is 24.4 Å². The molecule has 2 aromatic rings. The van der Waals surface area contributed by atoms with E-state index in [1.54, 1.807) is 0 Å². The first-order chi connectivity index (χ1) is 6.45. The third kappa shape index (κ3) is 0.971. The van der Waals surface area contributed by atoms with Gasteiger partial charge < -0.3 is 4.74 Å². The van der Waals surface area contributed by atoms with Gasteiger partial charge in [-0.05, 0) is 6.07 Å². The predicted octanol–water partition coefficient (Wildman–Crippen LogP) is 1.68. The number of nitrogens with one attached hydrogen (secondary N) is 1. The molecule has 0 unspecified atom stereocenters. The maximum Gasteiger partial charge on any atom is 0.0923 e. The highest BCUT2D eigenvalue weighted by Crippen LogP contribution is 2.28. The Bertz CT molecular complexity index is 431. The number of aromatic nitrogens is 2. The standard InChI is InChI=1S/C10H10N2O/c1-2-4-9-8(3-1)10(12-11-9)7-5-13-6-7/h1-4,7H,5-6H2,(H,11,12). The maximum absolute atomic E-state index is 5.16. The van der Waals surface area contributed by atoms with Gasteiger partial charge in [-0.1, -0.05) is 18.2 Å². The number of ether oxygens (including phenoxy) is 1. The fourth-order valence-electron chi connectivity index (χ4n) is 1.69. The lowest BCUT2D eigenvalue weighted by Crippen LogP contribution is -2.25. The maximum atomic E-state index is 5.16. The van der Waals surface area contributed by atoms with Gasteiger partial charge in [0.15, 0.2) is 0 Å². The van der Waals surface area contributed by atoms with Gasteiger partial charge in [0.1, 0.15) is 0 Å². The summed E-state index contributed by atoms with van der Waals surface area (Å²) in [6.07, 6.45) is 0. The minimum atomic E-state index is 0.521. The van der Waals surface area contributed by atoms with Crippen LogP contribution in [0.1, 0.15) is 11.6 Å². The van der Waals surface area contributed by atoms with E-state index >= 15 is 0 Å². The van der Waals surface area contributed by atoms with E-state index in [0.717, 1.165) is 18.7 Å². The minimum absolute atomic E-state index is 0.521. The largest absolute Gasteiger partial charge is 0.380 e. The molecule has 0 radical (unpaired) electrons. The molecule has 1 aromatic carbocycles. The lowest BCUT2D eigenvalue weighted by Gasteiger charge is -2.24. The molecule has 1 aliphatic rings. The van der Waals surface area contributed by atoms with Gasteiger partial charge in [-0.2, -0.15) is 5.10 Å². The Hall–Kier alpha value is -1.35. The van der Waals surface area contributed by atoms with Crippen molar-refractivity contribution in [1.82, 2.24) is 10.2 Å². The zero-order valence-electron chi connectivity index (χ0n) is 7.16. The smallest absolute Gasteiger partial charge is 0.0923 e. The van der Waals surface area contributed by atoms with Crippen LogP contribution >= 0.6 is 0 Å². The SMILES string of the molecule is c1ccc2c(C3COC3)[nH]nc2c1. The molecule has 0 bridgehead atoms. The number of nitrogens with zero attached hydrogens (tertiary/aromatic N) is 1. The van der Waals surface area contributed by atoms with Gasteiger partial charge in [-0.15, -0.1) is 0 Å². The molecule has 3 rings (SSSR count). The van der Waals surface area contributed by atoms with Crippen LogP contribution in [0, 0.1) is 0 Å². The molecule has 66 valence electrons. The molecule has 0 spiro atoms. The molecule has 13 heavy (non-hydrogen) atoms. The monoisotopic (exact) mass is 174 g/mol. The third-order valence-electron chi connectivity index (χ3n) is 2.54. The number of aromatic amines is 1. The first kappa shape index (κ1) is 7.09. The Labute approximate surface area is 75.7 Å². The lowest BCUT2D eigenvalue weighted by atomic mass is 10.0. The molecule has 3 heteroatoms. The van der Waals surface area contributed by atoms with Gasteiger partial charge in [0, 0.05) is 11.3 Å². The summed E-state index contributed by atoms with van der Waals surface area (Å²) in [4.78, 5) is 0. The van der Waals surface area contributed by atoms with E-state index in [4.69, 9.17) is 4.74 Å². The Balaban J connectivity index is 2.17. The summed E-state index contributed by atoms with van der Waals surface area (Å²) in [6, 6.07) is 8.17. The van der Waals surface area contributed by atoms with Gasteiger partial charge in [-0.25, -0.2) is 0 Å². The van der Waals surface area contributed by atoms with Crippen LogP contribution in [0.2, 0.25) is 0 Å². The fourth-order valence-corrected chi connectivity index (χ4v) is 1.69. The summed E-state index contributed by atoms with van der Waals surface area (Å²) in [5, 5.41) is 8.56. The second kappa shape index (κ2) is 2.57. The molecule has 0 atom stereocenters.